The first kappa shape index (κ1) is 20.5. The molecule has 1 aromatic carbocycles. The zero-order valence-corrected chi connectivity index (χ0v) is 16.7. The SMILES string of the molecule is Cc1nc2c(C)cccn2c1C(=O)NCCCC(=O)NCCc1ccc(F)cc1. The van der Waals surface area contributed by atoms with Gasteiger partial charge in [0.25, 0.3) is 5.91 Å². The van der Waals surface area contributed by atoms with Crippen LogP contribution < -0.4 is 10.6 Å². The third-order valence-electron chi connectivity index (χ3n) is 4.75. The molecule has 0 spiro atoms. The quantitative estimate of drug-likeness (QED) is 0.575. The summed E-state index contributed by atoms with van der Waals surface area (Å²) in [5.74, 6) is -0.533. The molecule has 0 unspecified atom stereocenters. The fourth-order valence-corrected chi connectivity index (χ4v) is 3.21. The minimum Gasteiger partial charge on any atom is -0.356 e. The lowest BCUT2D eigenvalue weighted by atomic mass is 10.1. The topological polar surface area (TPSA) is 75.5 Å². The highest BCUT2D eigenvalue weighted by Crippen LogP contribution is 2.15. The number of halogens is 1. The van der Waals surface area contributed by atoms with Crippen LogP contribution in [0.3, 0.4) is 0 Å². The zero-order chi connectivity index (χ0) is 20.8. The molecule has 0 fully saturated rings. The van der Waals surface area contributed by atoms with E-state index in [-0.39, 0.29) is 17.6 Å². The van der Waals surface area contributed by atoms with E-state index in [1.165, 1.54) is 12.1 Å². The van der Waals surface area contributed by atoms with E-state index in [9.17, 15) is 14.0 Å². The second-order valence-electron chi connectivity index (χ2n) is 7.02. The van der Waals surface area contributed by atoms with E-state index >= 15 is 0 Å². The second kappa shape index (κ2) is 9.32. The molecule has 7 heteroatoms. The Balaban J connectivity index is 1.40. The predicted octanol–water partition coefficient (Wildman–Crippen LogP) is 2.96. The van der Waals surface area contributed by atoms with Crippen molar-refractivity contribution in [2.75, 3.05) is 13.1 Å². The lowest BCUT2D eigenvalue weighted by Crippen LogP contribution is -2.29. The van der Waals surface area contributed by atoms with Crippen LogP contribution in [0, 0.1) is 19.7 Å². The van der Waals surface area contributed by atoms with Crippen LogP contribution >= 0.6 is 0 Å². The number of hydrogen-bond donors (Lipinski definition) is 2. The normalized spacial score (nSPS) is 10.9. The van der Waals surface area contributed by atoms with Crippen LogP contribution in [0.1, 0.15) is 40.2 Å². The Morgan fingerprint density at radius 1 is 1.07 bits per heavy atom. The number of rotatable bonds is 8. The third-order valence-corrected chi connectivity index (χ3v) is 4.75. The van der Waals surface area contributed by atoms with Gasteiger partial charge in [-0.3, -0.25) is 14.0 Å². The first-order chi connectivity index (χ1) is 14.0. The van der Waals surface area contributed by atoms with E-state index < -0.39 is 0 Å². The third kappa shape index (κ3) is 5.19. The number of amides is 2. The van der Waals surface area contributed by atoms with Gasteiger partial charge in [-0.15, -0.1) is 0 Å². The Morgan fingerprint density at radius 3 is 2.59 bits per heavy atom. The summed E-state index contributed by atoms with van der Waals surface area (Å²) in [5, 5.41) is 5.71. The number of carbonyl (C=O) groups is 2. The molecule has 2 amide bonds. The number of benzene rings is 1. The van der Waals surface area contributed by atoms with Crippen LogP contribution in [-0.2, 0) is 11.2 Å². The summed E-state index contributed by atoms with van der Waals surface area (Å²) in [5.41, 5.74) is 3.95. The summed E-state index contributed by atoms with van der Waals surface area (Å²) in [7, 11) is 0. The average Bonchev–Trinajstić information content (AvgIpc) is 3.04. The number of aromatic nitrogens is 2. The molecule has 0 aliphatic heterocycles. The molecule has 0 radical (unpaired) electrons. The van der Waals surface area contributed by atoms with Crippen molar-refractivity contribution in [3.63, 3.8) is 0 Å². The van der Waals surface area contributed by atoms with Crippen molar-refractivity contribution in [3.8, 4) is 0 Å². The molecular weight excluding hydrogens is 371 g/mol. The van der Waals surface area contributed by atoms with E-state index in [0.717, 1.165) is 16.8 Å². The fourth-order valence-electron chi connectivity index (χ4n) is 3.21. The zero-order valence-electron chi connectivity index (χ0n) is 16.7. The van der Waals surface area contributed by atoms with Crippen LogP contribution in [0.5, 0.6) is 0 Å². The summed E-state index contributed by atoms with van der Waals surface area (Å²) in [6.07, 6.45) is 3.35. The minimum atomic E-state index is -0.269. The molecule has 3 rings (SSSR count). The van der Waals surface area contributed by atoms with Crippen molar-refractivity contribution in [1.29, 1.82) is 0 Å². The summed E-state index contributed by atoms with van der Waals surface area (Å²) < 4.78 is 14.7. The van der Waals surface area contributed by atoms with Gasteiger partial charge in [-0.25, -0.2) is 9.37 Å². The number of fused-ring (bicyclic) bond motifs is 1. The van der Waals surface area contributed by atoms with E-state index in [0.29, 0.717) is 43.7 Å². The molecule has 0 aliphatic carbocycles. The Morgan fingerprint density at radius 2 is 1.83 bits per heavy atom. The average molecular weight is 396 g/mol. The maximum absolute atomic E-state index is 12.9. The number of imidazole rings is 1. The van der Waals surface area contributed by atoms with Crippen molar-refractivity contribution in [2.24, 2.45) is 0 Å². The largest absolute Gasteiger partial charge is 0.356 e. The number of aryl methyl sites for hydroxylation is 2. The van der Waals surface area contributed by atoms with Gasteiger partial charge in [0, 0.05) is 25.7 Å². The molecule has 2 heterocycles. The summed E-state index contributed by atoms with van der Waals surface area (Å²) >= 11 is 0. The van der Waals surface area contributed by atoms with E-state index in [1.54, 1.807) is 16.5 Å². The van der Waals surface area contributed by atoms with Crippen molar-refractivity contribution in [1.82, 2.24) is 20.0 Å². The number of carbonyl (C=O) groups excluding carboxylic acids is 2. The van der Waals surface area contributed by atoms with Crippen molar-refractivity contribution in [2.45, 2.75) is 33.1 Å². The standard InChI is InChI=1S/C22H25FN4O2/c1-15-5-4-14-27-20(16(2)26-21(15)27)22(29)25-12-3-6-19(28)24-13-11-17-7-9-18(23)10-8-17/h4-5,7-10,14H,3,6,11-13H2,1-2H3,(H,24,28)(H,25,29). The maximum Gasteiger partial charge on any atom is 0.270 e. The van der Waals surface area contributed by atoms with Crippen LogP contribution in [0.2, 0.25) is 0 Å². The number of nitrogens with one attached hydrogen (secondary N) is 2. The monoisotopic (exact) mass is 396 g/mol. The molecule has 0 saturated carbocycles. The summed E-state index contributed by atoms with van der Waals surface area (Å²) in [6, 6.07) is 10.1. The van der Waals surface area contributed by atoms with E-state index in [4.69, 9.17) is 0 Å². The van der Waals surface area contributed by atoms with Crippen LogP contribution in [-0.4, -0.2) is 34.3 Å². The highest BCUT2D eigenvalue weighted by atomic mass is 19.1. The number of hydrogen-bond acceptors (Lipinski definition) is 3. The van der Waals surface area contributed by atoms with Gasteiger partial charge < -0.3 is 10.6 Å². The van der Waals surface area contributed by atoms with Crippen LogP contribution in [0.15, 0.2) is 42.6 Å². The van der Waals surface area contributed by atoms with Gasteiger partial charge in [0.15, 0.2) is 0 Å². The first-order valence-electron chi connectivity index (χ1n) is 9.69. The molecule has 0 saturated heterocycles. The molecule has 0 bridgehead atoms. The first-order valence-corrected chi connectivity index (χ1v) is 9.69. The fraction of sp³-hybridized carbons (Fsp3) is 0.318. The van der Waals surface area contributed by atoms with E-state index in [2.05, 4.69) is 15.6 Å². The maximum atomic E-state index is 12.9. The lowest BCUT2D eigenvalue weighted by molar-refractivity contribution is -0.121. The molecule has 152 valence electrons. The molecule has 0 aliphatic rings. The molecule has 6 nitrogen and oxygen atoms in total. The minimum absolute atomic E-state index is 0.0667. The molecule has 29 heavy (non-hydrogen) atoms. The van der Waals surface area contributed by atoms with Gasteiger partial charge in [0.1, 0.15) is 17.2 Å². The van der Waals surface area contributed by atoms with Crippen molar-refractivity contribution < 1.29 is 14.0 Å². The highest BCUT2D eigenvalue weighted by molar-refractivity contribution is 5.94. The van der Waals surface area contributed by atoms with Crippen LogP contribution in [0.25, 0.3) is 5.65 Å². The second-order valence-corrected chi connectivity index (χ2v) is 7.02. The highest BCUT2D eigenvalue weighted by Gasteiger charge is 2.16. The summed E-state index contributed by atoms with van der Waals surface area (Å²) in [6.45, 7) is 4.67. The Bertz CT molecular complexity index is 1010. The molecule has 2 N–H and O–H groups in total. The van der Waals surface area contributed by atoms with E-state index in [1.807, 2.05) is 32.2 Å². The lowest BCUT2D eigenvalue weighted by Gasteiger charge is -2.08. The van der Waals surface area contributed by atoms with Crippen LogP contribution in [0.4, 0.5) is 4.39 Å². The van der Waals surface area contributed by atoms with Gasteiger partial charge in [0.05, 0.1) is 5.69 Å². The Labute approximate surface area is 169 Å². The van der Waals surface area contributed by atoms with Crippen molar-refractivity contribution in [3.05, 3.63) is 70.9 Å². The van der Waals surface area contributed by atoms with Crippen molar-refractivity contribution >= 4 is 17.5 Å². The Kier molecular flexibility index (Phi) is 6.59. The van der Waals surface area contributed by atoms with Gasteiger partial charge >= 0.3 is 0 Å². The number of nitrogens with zero attached hydrogens (tertiary/aromatic N) is 2. The Hall–Kier alpha value is -3.22. The van der Waals surface area contributed by atoms with Gasteiger partial charge in [-0.05, 0) is 56.0 Å². The van der Waals surface area contributed by atoms with Gasteiger partial charge in [-0.1, -0.05) is 18.2 Å². The molecule has 2 aromatic heterocycles. The van der Waals surface area contributed by atoms with Gasteiger partial charge in [0.2, 0.25) is 5.91 Å². The molecule has 3 aromatic rings. The molecular formula is C22H25FN4O2. The number of pyridine rings is 1. The smallest absolute Gasteiger partial charge is 0.270 e. The predicted molar refractivity (Wildman–Crippen MR) is 109 cm³/mol. The molecule has 0 atom stereocenters. The summed E-state index contributed by atoms with van der Waals surface area (Å²) in [4.78, 5) is 29.0. The van der Waals surface area contributed by atoms with Gasteiger partial charge in [-0.2, -0.15) is 0 Å².